The first kappa shape index (κ1) is 33.0. The van der Waals surface area contributed by atoms with Gasteiger partial charge in [0.15, 0.2) is 29.0 Å². The Morgan fingerprint density at radius 2 is 1.90 bits per heavy atom. The lowest BCUT2D eigenvalue weighted by Crippen LogP contribution is -2.29. The van der Waals surface area contributed by atoms with Crippen LogP contribution in [0.1, 0.15) is 84.6 Å². The number of carbonyl (C=O) groups is 3. The van der Waals surface area contributed by atoms with Crippen LogP contribution in [-0.2, 0) is 27.3 Å². The van der Waals surface area contributed by atoms with Crippen LogP contribution in [0.15, 0.2) is 30.3 Å². The van der Waals surface area contributed by atoms with Crippen molar-refractivity contribution in [2.75, 3.05) is 18.1 Å². The van der Waals surface area contributed by atoms with E-state index in [4.69, 9.17) is 9.47 Å². The zero-order valence-corrected chi connectivity index (χ0v) is 27.4. The van der Waals surface area contributed by atoms with Gasteiger partial charge < -0.3 is 24.8 Å². The number of hydrogen-bond donors (Lipinski definition) is 2. The molecule has 11 nitrogen and oxygen atoms in total. The average Bonchev–Trinajstić information content (AvgIpc) is 3.66. The Labute approximate surface area is 275 Å². The second-order valence-electron chi connectivity index (χ2n) is 13.1. The van der Waals surface area contributed by atoms with Crippen molar-refractivity contribution < 1.29 is 37.7 Å². The minimum atomic E-state index is -1.50. The third-order valence-corrected chi connectivity index (χ3v) is 8.56. The van der Waals surface area contributed by atoms with Crippen LogP contribution in [0.25, 0.3) is 16.9 Å². The second kappa shape index (κ2) is 12.6. The molecule has 1 fully saturated rings. The summed E-state index contributed by atoms with van der Waals surface area (Å²) < 4.78 is 42.8. The fraction of sp³-hybridized carbons (Fsp3) is 0.400. The first-order valence-corrected chi connectivity index (χ1v) is 15.9. The number of nitrogens with one attached hydrogen (secondary N) is 1. The molecule has 2 N–H and O–H groups in total. The highest BCUT2D eigenvalue weighted by Crippen LogP contribution is 2.41. The zero-order chi connectivity index (χ0) is 34.5. The van der Waals surface area contributed by atoms with E-state index in [1.54, 1.807) is 27.7 Å². The van der Waals surface area contributed by atoms with Crippen LogP contribution < -0.4 is 15.0 Å². The van der Waals surface area contributed by atoms with Crippen LogP contribution in [0.4, 0.5) is 14.5 Å². The molecule has 0 aliphatic carbocycles. The van der Waals surface area contributed by atoms with Crippen molar-refractivity contribution >= 4 is 29.1 Å². The predicted octanol–water partition coefficient (Wildman–Crippen LogP) is 5.61. The quantitative estimate of drug-likeness (QED) is 0.249. The molecule has 252 valence electrons. The molecule has 1 atom stereocenters. The molecule has 4 aromatic rings. The van der Waals surface area contributed by atoms with Crippen LogP contribution in [-0.4, -0.2) is 56.2 Å². The van der Waals surface area contributed by atoms with Crippen molar-refractivity contribution in [3.63, 3.8) is 0 Å². The monoisotopic (exact) mass is 661 g/mol. The number of anilines is 1. The van der Waals surface area contributed by atoms with Gasteiger partial charge in [-0.15, -0.1) is 0 Å². The fourth-order valence-electron chi connectivity index (χ4n) is 6.41. The normalized spacial score (nSPS) is 15.4. The number of amides is 2. The third-order valence-electron chi connectivity index (χ3n) is 8.56. The van der Waals surface area contributed by atoms with Crippen molar-refractivity contribution in [1.29, 1.82) is 0 Å². The Morgan fingerprint density at radius 1 is 1.12 bits per heavy atom. The minimum absolute atomic E-state index is 0.0215. The van der Waals surface area contributed by atoms with E-state index in [1.165, 1.54) is 39.7 Å². The highest BCUT2D eigenvalue weighted by atomic mass is 19.1. The number of carboxylic acid groups (broad SMARTS) is 1. The van der Waals surface area contributed by atoms with E-state index < -0.39 is 35.2 Å². The molecule has 0 saturated carbocycles. The molecule has 4 heterocycles. The average molecular weight is 662 g/mol. The molecule has 2 aliphatic rings. The summed E-state index contributed by atoms with van der Waals surface area (Å²) in [6.07, 6.45) is 0.773. The molecule has 6 rings (SSSR count). The summed E-state index contributed by atoms with van der Waals surface area (Å²) in [6.45, 7) is 9.46. The lowest BCUT2D eigenvalue weighted by Gasteiger charge is -2.28. The van der Waals surface area contributed by atoms with Gasteiger partial charge in [-0.3, -0.25) is 9.59 Å². The Bertz CT molecular complexity index is 1970. The molecule has 13 heteroatoms. The van der Waals surface area contributed by atoms with Gasteiger partial charge >= 0.3 is 5.97 Å². The Balaban J connectivity index is 1.46. The van der Waals surface area contributed by atoms with Crippen LogP contribution in [0.3, 0.4) is 0 Å². The molecular formula is C35H37F2N5O6. The SMILES string of the molecule is Cc1nc2cc(C(=O)NCc3ccc(F)cc3N3CCCC3=O)nn2c(-c2cc(F)c3c(c2C)CCCO3)c1[C@H](OC(C)(C)C)C(=O)O. The number of rotatable bonds is 8. The van der Waals surface area contributed by atoms with E-state index in [9.17, 15) is 23.9 Å². The number of carbonyl (C=O) groups excluding carboxylic acids is 2. The number of hydrogen-bond acceptors (Lipinski definition) is 7. The van der Waals surface area contributed by atoms with E-state index in [0.29, 0.717) is 72.5 Å². The van der Waals surface area contributed by atoms with Gasteiger partial charge in [0.1, 0.15) is 5.82 Å². The van der Waals surface area contributed by atoms with Gasteiger partial charge in [-0.1, -0.05) is 6.07 Å². The van der Waals surface area contributed by atoms with Crippen LogP contribution >= 0.6 is 0 Å². The maximum atomic E-state index is 15.6. The van der Waals surface area contributed by atoms with Crippen molar-refractivity contribution in [2.45, 2.75) is 78.6 Å². The topological polar surface area (TPSA) is 135 Å². The van der Waals surface area contributed by atoms with E-state index in [0.717, 1.165) is 0 Å². The van der Waals surface area contributed by atoms with Crippen LogP contribution in [0.5, 0.6) is 5.75 Å². The van der Waals surface area contributed by atoms with Crippen molar-refractivity contribution in [1.82, 2.24) is 19.9 Å². The summed E-state index contributed by atoms with van der Waals surface area (Å²) in [5.41, 5.74) is 2.69. The van der Waals surface area contributed by atoms with Crippen LogP contribution in [0, 0.1) is 25.5 Å². The Hall–Kier alpha value is -4.91. The summed E-state index contributed by atoms with van der Waals surface area (Å²) in [4.78, 5) is 44.8. The molecule has 2 amide bonds. The molecule has 0 radical (unpaired) electrons. The summed E-state index contributed by atoms with van der Waals surface area (Å²) in [6, 6.07) is 6.82. The lowest BCUT2D eigenvalue weighted by atomic mass is 9.91. The van der Waals surface area contributed by atoms with Crippen LogP contribution in [0.2, 0.25) is 0 Å². The molecule has 2 aromatic heterocycles. The number of fused-ring (bicyclic) bond motifs is 2. The second-order valence-corrected chi connectivity index (χ2v) is 13.1. The van der Waals surface area contributed by atoms with E-state index in [1.807, 2.05) is 6.92 Å². The smallest absolute Gasteiger partial charge is 0.337 e. The number of aliphatic carboxylic acids is 1. The van der Waals surface area contributed by atoms with Gasteiger partial charge in [-0.2, -0.15) is 5.10 Å². The van der Waals surface area contributed by atoms with Crippen molar-refractivity contribution in [2.24, 2.45) is 0 Å². The molecule has 0 bridgehead atoms. The predicted molar refractivity (Wildman–Crippen MR) is 172 cm³/mol. The molecule has 48 heavy (non-hydrogen) atoms. The van der Waals surface area contributed by atoms with Crippen molar-refractivity contribution in [3.8, 4) is 17.0 Å². The molecule has 2 aliphatic heterocycles. The lowest BCUT2D eigenvalue weighted by molar-refractivity contribution is -0.160. The summed E-state index contributed by atoms with van der Waals surface area (Å²) in [5, 5.41) is 17.8. The number of carboxylic acids is 1. The summed E-state index contributed by atoms with van der Waals surface area (Å²) in [7, 11) is 0. The molecule has 0 spiro atoms. The molecular weight excluding hydrogens is 624 g/mol. The van der Waals surface area contributed by atoms with Gasteiger partial charge in [-0.25, -0.2) is 23.1 Å². The third kappa shape index (κ3) is 6.21. The van der Waals surface area contributed by atoms with Gasteiger partial charge in [0.05, 0.1) is 23.6 Å². The number of halogens is 2. The Kier molecular flexibility index (Phi) is 8.67. The molecule has 1 saturated heterocycles. The van der Waals surface area contributed by atoms with Gasteiger partial charge in [0.2, 0.25) is 5.91 Å². The van der Waals surface area contributed by atoms with Gasteiger partial charge in [0, 0.05) is 48.0 Å². The highest BCUT2D eigenvalue weighted by Gasteiger charge is 2.35. The first-order chi connectivity index (χ1) is 22.7. The Morgan fingerprint density at radius 3 is 2.58 bits per heavy atom. The number of aromatic nitrogens is 3. The summed E-state index contributed by atoms with van der Waals surface area (Å²) >= 11 is 0. The molecule has 0 unspecified atom stereocenters. The number of ether oxygens (including phenoxy) is 2. The minimum Gasteiger partial charge on any atom is -0.490 e. The maximum absolute atomic E-state index is 15.6. The zero-order valence-electron chi connectivity index (χ0n) is 27.4. The first-order valence-electron chi connectivity index (χ1n) is 15.9. The van der Waals surface area contributed by atoms with Crippen molar-refractivity contribution in [3.05, 3.63) is 75.6 Å². The maximum Gasteiger partial charge on any atom is 0.337 e. The van der Waals surface area contributed by atoms with E-state index >= 15 is 4.39 Å². The largest absolute Gasteiger partial charge is 0.490 e. The number of benzene rings is 2. The summed E-state index contributed by atoms with van der Waals surface area (Å²) in [5.74, 6) is -2.90. The number of aryl methyl sites for hydroxylation is 1. The molecule has 2 aromatic carbocycles. The fourth-order valence-corrected chi connectivity index (χ4v) is 6.41. The standard InChI is InChI=1S/C35H37F2N5O6/c1-18-22-8-7-13-47-31(22)24(37)15-23(18)30-29(32(34(45)46)48-35(3,4)5)19(2)39-27-16-25(40-42(27)30)33(44)38-17-20-10-11-21(36)14-26(20)41-12-6-9-28(41)43/h10-11,14-16,32H,6-9,12-13,17H2,1-5H3,(H,38,44)(H,45,46)/t32-/m0/s1. The number of nitrogens with zero attached hydrogens (tertiary/aromatic N) is 4. The van der Waals surface area contributed by atoms with E-state index in [-0.39, 0.29) is 40.8 Å². The van der Waals surface area contributed by atoms with E-state index in [2.05, 4.69) is 15.4 Å². The van der Waals surface area contributed by atoms with Gasteiger partial charge in [0.25, 0.3) is 5.91 Å². The van der Waals surface area contributed by atoms with Gasteiger partial charge in [-0.05, 0) is 83.2 Å². The highest BCUT2D eigenvalue weighted by molar-refractivity contribution is 5.97.